The number of carbonyl (C=O) groups is 1. The largest absolute Gasteiger partial charge is 0.384 e. The molecule has 0 bridgehead atoms. The van der Waals surface area contributed by atoms with Crippen molar-refractivity contribution in [3.63, 3.8) is 0 Å². The molecule has 0 radical (unpaired) electrons. The number of nitrogen functional groups attached to an aromatic ring is 1. The van der Waals surface area contributed by atoms with E-state index in [1.54, 1.807) is 24.0 Å². The first kappa shape index (κ1) is 12.2. The highest BCUT2D eigenvalue weighted by Crippen LogP contribution is 2.10. The number of nitrogens with two attached hydrogens (primary N) is 1. The summed E-state index contributed by atoms with van der Waals surface area (Å²) in [6.07, 6.45) is 1.66. The maximum atomic E-state index is 12.0. The molecular weight excluding hydrogens is 230 g/mol. The van der Waals surface area contributed by atoms with Crippen molar-refractivity contribution in [2.24, 2.45) is 14.1 Å². The van der Waals surface area contributed by atoms with Crippen LogP contribution in [-0.4, -0.2) is 20.3 Å². The van der Waals surface area contributed by atoms with Crippen LogP contribution in [0, 0.1) is 6.92 Å². The van der Waals surface area contributed by atoms with Crippen LogP contribution in [-0.2, 0) is 20.6 Å². The maximum Gasteiger partial charge on any atom is 0.268 e. The second kappa shape index (κ2) is 4.56. The average molecular weight is 247 g/mol. The van der Waals surface area contributed by atoms with E-state index in [2.05, 4.69) is 10.4 Å². The van der Waals surface area contributed by atoms with Gasteiger partial charge in [0.1, 0.15) is 11.5 Å². The van der Waals surface area contributed by atoms with Gasteiger partial charge in [-0.3, -0.25) is 9.48 Å². The van der Waals surface area contributed by atoms with Crippen LogP contribution in [0.1, 0.15) is 21.7 Å². The van der Waals surface area contributed by atoms with Crippen molar-refractivity contribution < 1.29 is 4.79 Å². The molecule has 0 saturated carbocycles. The molecule has 2 aromatic heterocycles. The van der Waals surface area contributed by atoms with Crippen molar-refractivity contribution in [3.8, 4) is 0 Å². The van der Waals surface area contributed by atoms with E-state index in [1.165, 1.54) is 0 Å². The molecule has 6 nitrogen and oxygen atoms in total. The van der Waals surface area contributed by atoms with Gasteiger partial charge in [0, 0.05) is 31.9 Å². The van der Waals surface area contributed by atoms with Gasteiger partial charge in [0.2, 0.25) is 0 Å². The summed E-state index contributed by atoms with van der Waals surface area (Å²) in [5.74, 6) is 0.451. The molecule has 0 fully saturated rings. The molecule has 0 aliphatic rings. The molecule has 2 heterocycles. The molecule has 0 unspecified atom stereocenters. The number of amides is 1. The van der Waals surface area contributed by atoms with Gasteiger partial charge in [-0.2, -0.15) is 5.10 Å². The molecule has 0 atom stereocenters. The molecule has 2 rings (SSSR count). The zero-order chi connectivity index (χ0) is 13.3. The molecule has 0 saturated heterocycles. The SMILES string of the molecule is Cc1ccc(C(=O)NCc2cnn(C)c2N)n1C. The Bertz CT molecular complexity index is 581. The topological polar surface area (TPSA) is 77.9 Å². The monoisotopic (exact) mass is 247 g/mol. The van der Waals surface area contributed by atoms with Crippen LogP contribution < -0.4 is 11.1 Å². The first-order valence-electron chi connectivity index (χ1n) is 5.67. The van der Waals surface area contributed by atoms with E-state index >= 15 is 0 Å². The zero-order valence-electron chi connectivity index (χ0n) is 10.8. The van der Waals surface area contributed by atoms with E-state index < -0.39 is 0 Å². The Kier molecular flexibility index (Phi) is 3.10. The Balaban J connectivity index is 2.05. The van der Waals surface area contributed by atoms with Crippen LogP contribution in [0.25, 0.3) is 0 Å². The highest BCUT2D eigenvalue weighted by molar-refractivity contribution is 5.92. The number of rotatable bonds is 3. The lowest BCUT2D eigenvalue weighted by molar-refractivity contribution is 0.0942. The van der Waals surface area contributed by atoms with Gasteiger partial charge in [-0.1, -0.05) is 0 Å². The van der Waals surface area contributed by atoms with Crippen LogP contribution in [0.5, 0.6) is 0 Å². The van der Waals surface area contributed by atoms with Crippen molar-refractivity contribution >= 4 is 11.7 Å². The molecule has 96 valence electrons. The van der Waals surface area contributed by atoms with Crippen molar-refractivity contribution in [1.29, 1.82) is 0 Å². The Morgan fingerprint density at radius 2 is 2.17 bits per heavy atom. The summed E-state index contributed by atoms with van der Waals surface area (Å²) in [5, 5.41) is 6.85. The predicted octanol–water partition coefficient (Wildman–Crippen LogP) is 0.579. The fourth-order valence-corrected chi connectivity index (χ4v) is 1.74. The third kappa shape index (κ3) is 2.09. The van der Waals surface area contributed by atoms with Crippen molar-refractivity contribution in [2.45, 2.75) is 13.5 Å². The number of hydrogen-bond acceptors (Lipinski definition) is 3. The predicted molar refractivity (Wildman–Crippen MR) is 68.9 cm³/mol. The summed E-state index contributed by atoms with van der Waals surface area (Å²) in [5.41, 5.74) is 8.30. The lowest BCUT2D eigenvalue weighted by Crippen LogP contribution is -2.25. The lowest BCUT2D eigenvalue weighted by Gasteiger charge is -2.06. The first-order valence-corrected chi connectivity index (χ1v) is 5.67. The van der Waals surface area contributed by atoms with Gasteiger partial charge < -0.3 is 15.6 Å². The second-order valence-electron chi connectivity index (χ2n) is 4.28. The summed E-state index contributed by atoms with van der Waals surface area (Å²) >= 11 is 0. The molecular formula is C12H17N5O. The lowest BCUT2D eigenvalue weighted by atomic mass is 10.3. The summed E-state index contributed by atoms with van der Waals surface area (Å²) < 4.78 is 3.43. The molecule has 0 aromatic carbocycles. The van der Waals surface area contributed by atoms with Gasteiger partial charge in [-0.25, -0.2) is 0 Å². The molecule has 3 N–H and O–H groups in total. The molecule has 2 aromatic rings. The highest BCUT2D eigenvalue weighted by Gasteiger charge is 2.12. The Labute approximate surface area is 105 Å². The van der Waals surface area contributed by atoms with Crippen molar-refractivity contribution in [1.82, 2.24) is 19.7 Å². The Morgan fingerprint density at radius 1 is 1.44 bits per heavy atom. The first-order chi connectivity index (χ1) is 8.50. The molecule has 0 aliphatic heterocycles. The van der Waals surface area contributed by atoms with Gasteiger partial charge in [0.05, 0.1) is 6.20 Å². The molecule has 0 aliphatic carbocycles. The van der Waals surface area contributed by atoms with Crippen LogP contribution >= 0.6 is 0 Å². The molecule has 1 amide bonds. The van der Waals surface area contributed by atoms with Crippen LogP contribution in [0.4, 0.5) is 5.82 Å². The number of aromatic nitrogens is 3. The van der Waals surface area contributed by atoms with Crippen LogP contribution in [0.3, 0.4) is 0 Å². The highest BCUT2D eigenvalue weighted by atomic mass is 16.1. The minimum atomic E-state index is -0.117. The van der Waals surface area contributed by atoms with Crippen LogP contribution in [0.2, 0.25) is 0 Å². The maximum absolute atomic E-state index is 12.0. The van der Waals surface area contributed by atoms with E-state index in [1.807, 2.05) is 24.6 Å². The third-order valence-electron chi connectivity index (χ3n) is 3.11. The number of nitrogens with one attached hydrogen (secondary N) is 1. The van der Waals surface area contributed by atoms with Gasteiger partial charge in [0.15, 0.2) is 0 Å². The smallest absolute Gasteiger partial charge is 0.268 e. The number of hydrogen-bond donors (Lipinski definition) is 2. The molecule has 18 heavy (non-hydrogen) atoms. The number of carbonyl (C=O) groups excluding carboxylic acids is 1. The van der Waals surface area contributed by atoms with E-state index in [0.29, 0.717) is 18.1 Å². The van der Waals surface area contributed by atoms with Crippen LogP contribution in [0.15, 0.2) is 18.3 Å². The standard InChI is InChI=1S/C12H17N5O/c1-8-4-5-10(16(8)2)12(18)14-6-9-7-15-17(3)11(9)13/h4-5,7H,6,13H2,1-3H3,(H,14,18). The van der Waals surface area contributed by atoms with E-state index in [0.717, 1.165) is 11.3 Å². The molecule has 0 spiro atoms. The minimum Gasteiger partial charge on any atom is -0.384 e. The van der Waals surface area contributed by atoms with E-state index in [-0.39, 0.29) is 5.91 Å². The van der Waals surface area contributed by atoms with Gasteiger partial charge in [-0.05, 0) is 19.1 Å². The second-order valence-corrected chi connectivity index (χ2v) is 4.28. The van der Waals surface area contributed by atoms with Crippen molar-refractivity contribution in [2.75, 3.05) is 5.73 Å². The fourth-order valence-electron chi connectivity index (χ4n) is 1.74. The summed E-state index contributed by atoms with van der Waals surface area (Å²) in [4.78, 5) is 12.0. The minimum absolute atomic E-state index is 0.117. The fraction of sp³-hybridized carbons (Fsp3) is 0.333. The zero-order valence-corrected chi connectivity index (χ0v) is 10.8. The number of nitrogens with zero attached hydrogens (tertiary/aromatic N) is 3. The normalized spacial score (nSPS) is 10.6. The summed E-state index contributed by atoms with van der Waals surface area (Å²) in [7, 11) is 3.63. The Morgan fingerprint density at radius 3 is 2.67 bits per heavy atom. The summed E-state index contributed by atoms with van der Waals surface area (Å²) in [6, 6.07) is 3.71. The quantitative estimate of drug-likeness (QED) is 0.832. The number of aryl methyl sites for hydroxylation is 2. The Hall–Kier alpha value is -2.24. The van der Waals surface area contributed by atoms with Gasteiger partial charge in [-0.15, -0.1) is 0 Å². The van der Waals surface area contributed by atoms with Gasteiger partial charge in [0.25, 0.3) is 5.91 Å². The van der Waals surface area contributed by atoms with Crippen molar-refractivity contribution in [3.05, 3.63) is 35.3 Å². The summed E-state index contributed by atoms with van der Waals surface area (Å²) in [6.45, 7) is 2.33. The number of anilines is 1. The van der Waals surface area contributed by atoms with E-state index in [9.17, 15) is 4.79 Å². The third-order valence-corrected chi connectivity index (χ3v) is 3.11. The molecule has 6 heteroatoms. The van der Waals surface area contributed by atoms with Gasteiger partial charge >= 0.3 is 0 Å². The van der Waals surface area contributed by atoms with E-state index in [4.69, 9.17) is 5.73 Å². The average Bonchev–Trinajstić information content (AvgIpc) is 2.83.